The molecule has 0 fully saturated rings. The van der Waals surface area contributed by atoms with Gasteiger partial charge in [0.15, 0.2) is 0 Å². The van der Waals surface area contributed by atoms with Crippen LogP contribution in [-0.2, 0) is 28.8 Å². The molecule has 0 rings (SSSR count). The van der Waals surface area contributed by atoms with Crippen molar-refractivity contribution in [3.05, 3.63) is 0 Å². The van der Waals surface area contributed by atoms with Crippen LogP contribution in [0.1, 0.15) is 19.3 Å². The number of rotatable bonds is 23. The van der Waals surface area contributed by atoms with Crippen molar-refractivity contribution >= 4 is 48.4 Å². The number of nitrogens with one attached hydrogen (secondary N) is 1. The van der Waals surface area contributed by atoms with Crippen LogP contribution in [0.15, 0.2) is 0 Å². The van der Waals surface area contributed by atoms with Gasteiger partial charge in [0.2, 0.25) is 5.91 Å². The fourth-order valence-corrected chi connectivity index (χ4v) is 3.67. The molecule has 2 atom stereocenters. The molecule has 0 radical (unpaired) electrons. The van der Waals surface area contributed by atoms with Crippen molar-refractivity contribution in [3.8, 4) is 0 Å². The van der Waals surface area contributed by atoms with Gasteiger partial charge in [-0.25, -0.2) is 0 Å². The molecular weight excluding hydrogens is 530 g/mol. The minimum atomic E-state index is -1.28. The molecule has 0 aromatic carbocycles. The first-order valence-electron chi connectivity index (χ1n) is 11.7. The molecule has 0 bridgehead atoms. The van der Waals surface area contributed by atoms with Crippen molar-refractivity contribution in [2.75, 3.05) is 64.7 Å². The zero-order valence-corrected chi connectivity index (χ0v) is 21.8. The molecule has 0 aromatic heterocycles. The standard InChI is InChI=1S/C21H37N5O11S/c22-14(13-38)20(35)23-4-2-1-3-15(21(36)37)26(7-5-24(9-16(27)28)10-17(29)30)8-6-25(11-18(31)32)12-19(33)34/h14-15,38H,1-13,22H2,(H,23,35)(H,27,28)(H,29,30)(H,31,32)(H,33,34)(H,36,37)/t14-,15-/m0/s1. The number of carbonyl (C=O) groups excluding carboxylic acids is 1. The molecule has 0 saturated heterocycles. The third-order valence-electron chi connectivity index (χ3n) is 5.31. The molecule has 38 heavy (non-hydrogen) atoms. The lowest BCUT2D eigenvalue weighted by Gasteiger charge is -2.32. The number of carboxylic acid groups (broad SMARTS) is 5. The molecule has 0 aromatic rings. The monoisotopic (exact) mass is 567 g/mol. The lowest BCUT2D eigenvalue weighted by atomic mass is 10.1. The molecule has 17 heteroatoms. The molecule has 0 unspecified atom stereocenters. The topological polar surface area (TPSA) is 251 Å². The van der Waals surface area contributed by atoms with E-state index in [1.54, 1.807) is 0 Å². The van der Waals surface area contributed by atoms with Crippen LogP contribution in [-0.4, -0.2) is 153 Å². The summed E-state index contributed by atoms with van der Waals surface area (Å²) >= 11 is 3.94. The van der Waals surface area contributed by atoms with Crippen molar-refractivity contribution in [2.24, 2.45) is 5.73 Å². The van der Waals surface area contributed by atoms with E-state index in [9.17, 15) is 33.9 Å². The maximum atomic E-state index is 12.1. The molecule has 0 saturated carbocycles. The Balaban J connectivity index is 5.48. The van der Waals surface area contributed by atoms with E-state index < -0.39 is 74.0 Å². The highest BCUT2D eigenvalue weighted by molar-refractivity contribution is 7.80. The van der Waals surface area contributed by atoms with Gasteiger partial charge in [-0.1, -0.05) is 0 Å². The number of carbonyl (C=O) groups is 6. The van der Waals surface area contributed by atoms with Crippen molar-refractivity contribution in [2.45, 2.75) is 31.3 Å². The second-order valence-corrected chi connectivity index (χ2v) is 8.83. The number of unbranched alkanes of at least 4 members (excludes halogenated alkanes) is 1. The van der Waals surface area contributed by atoms with E-state index in [1.165, 1.54) is 4.90 Å². The average molecular weight is 568 g/mol. The van der Waals surface area contributed by atoms with E-state index in [1.807, 2.05) is 0 Å². The third-order valence-corrected chi connectivity index (χ3v) is 5.70. The summed E-state index contributed by atoms with van der Waals surface area (Å²) in [4.78, 5) is 71.9. The Bertz CT molecular complexity index is 744. The number of carboxylic acids is 5. The summed E-state index contributed by atoms with van der Waals surface area (Å²) in [7, 11) is 0. The highest BCUT2D eigenvalue weighted by atomic mass is 32.1. The number of hydrogen-bond acceptors (Lipinski definition) is 11. The van der Waals surface area contributed by atoms with Gasteiger partial charge in [0.05, 0.1) is 32.2 Å². The normalized spacial score (nSPS) is 12.9. The van der Waals surface area contributed by atoms with Crippen LogP contribution in [0.2, 0.25) is 0 Å². The van der Waals surface area contributed by atoms with Crippen LogP contribution in [0, 0.1) is 0 Å². The van der Waals surface area contributed by atoms with Crippen LogP contribution >= 0.6 is 12.6 Å². The smallest absolute Gasteiger partial charge is 0.320 e. The van der Waals surface area contributed by atoms with Gasteiger partial charge in [-0.3, -0.25) is 43.5 Å². The van der Waals surface area contributed by atoms with Crippen LogP contribution in [0.3, 0.4) is 0 Å². The number of amides is 1. The molecular formula is C21H37N5O11S. The molecule has 8 N–H and O–H groups in total. The summed E-state index contributed by atoms with van der Waals surface area (Å²) in [6.45, 7) is -2.59. The Morgan fingerprint density at radius 1 is 0.711 bits per heavy atom. The van der Waals surface area contributed by atoms with Gasteiger partial charge in [-0.2, -0.15) is 12.6 Å². The van der Waals surface area contributed by atoms with Gasteiger partial charge in [-0.15, -0.1) is 0 Å². The average Bonchev–Trinajstić information content (AvgIpc) is 2.79. The molecule has 0 aliphatic carbocycles. The first-order chi connectivity index (χ1) is 17.8. The number of thiol groups is 1. The second-order valence-electron chi connectivity index (χ2n) is 8.46. The quantitative estimate of drug-likeness (QED) is 0.0459. The Kier molecular flexibility index (Phi) is 17.6. The van der Waals surface area contributed by atoms with Crippen LogP contribution < -0.4 is 11.1 Å². The minimum absolute atomic E-state index is 0.0843. The molecule has 1 amide bonds. The van der Waals surface area contributed by atoms with E-state index in [2.05, 4.69) is 17.9 Å². The first-order valence-corrected chi connectivity index (χ1v) is 12.3. The van der Waals surface area contributed by atoms with Crippen LogP contribution in [0.4, 0.5) is 0 Å². The number of nitrogens with two attached hydrogens (primary N) is 1. The molecule has 16 nitrogen and oxygen atoms in total. The van der Waals surface area contributed by atoms with Gasteiger partial charge in [0.1, 0.15) is 6.04 Å². The largest absolute Gasteiger partial charge is 0.480 e. The fourth-order valence-electron chi connectivity index (χ4n) is 3.51. The predicted octanol–water partition coefficient (Wildman–Crippen LogP) is -2.77. The molecule has 0 spiro atoms. The highest BCUT2D eigenvalue weighted by Crippen LogP contribution is 2.11. The molecule has 218 valence electrons. The lowest BCUT2D eigenvalue weighted by Crippen LogP contribution is -2.50. The Morgan fingerprint density at radius 3 is 1.47 bits per heavy atom. The van der Waals surface area contributed by atoms with Crippen LogP contribution in [0.25, 0.3) is 0 Å². The number of aliphatic carboxylic acids is 5. The van der Waals surface area contributed by atoms with Gasteiger partial charge in [0.25, 0.3) is 0 Å². The summed E-state index contributed by atoms with van der Waals surface area (Å²) in [6.07, 6.45) is 0.863. The van der Waals surface area contributed by atoms with Crippen LogP contribution in [0.5, 0.6) is 0 Å². The highest BCUT2D eigenvalue weighted by Gasteiger charge is 2.27. The molecule has 0 aliphatic heterocycles. The Morgan fingerprint density at radius 2 is 1.13 bits per heavy atom. The van der Waals surface area contributed by atoms with Crippen molar-refractivity contribution in [3.63, 3.8) is 0 Å². The Labute approximate surface area is 224 Å². The maximum Gasteiger partial charge on any atom is 0.320 e. The fraction of sp³-hybridized carbons (Fsp3) is 0.714. The van der Waals surface area contributed by atoms with Crippen molar-refractivity contribution in [1.29, 1.82) is 0 Å². The zero-order valence-electron chi connectivity index (χ0n) is 20.9. The summed E-state index contributed by atoms with van der Waals surface area (Å²) in [6, 6.07) is -1.90. The van der Waals surface area contributed by atoms with Crippen molar-refractivity contribution in [1.82, 2.24) is 20.0 Å². The number of hydrogen-bond donors (Lipinski definition) is 8. The number of nitrogens with zero attached hydrogens (tertiary/aromatic N) is 3. The van der Waals surface area contributed by atoms with Crippen molar-refractivity contribution < 1.29 is 54.3 Å². The summed E-state index contributed by atoms with van der Waals surface area (Å²) in [5, 5.41) is 48.7. The van der Waals surface area contributed by atoms with E-state index in [4.69, 9.17) is 26.2 Å². The summed E-state index contributed by atoms with van der Waals surface area (Å²) in [5.74, 6) is -6.57. The summed E-state index contributed by atoms with van der Waals surface area (Å²) in [5.41, 5.74) is 5.57. The molecule has 0 heterocycles. The third kappa shape index (κ3) is 16.7. The van der Waals surface area contributed by atoms with E-state index in [0.717, 1.165) is 9.80 Å². The summed E-state index contributed by atoms with van der Waals surface area (Å²) < 4.78 is 0. The van der Waals surface area contributed by atoms with E-state index in [-0.39, 0.29) is 44.9 Å². The maximum absolute atomic E-state index is 12.1. The van der Waals surface area contributed by atoms with Gasteiger partial charge >= 0.3 is 29.8 Å². The zero-order chi connectivity index (χ0) is 29.3. The SMILES string of the molecule is N[C@@H](CS)C(=O)NCCCC[C@@H](C(=O)O)N(CCN(CC(=O)O)CC(=O)O)CCN(CC(=O)O)CC(=O)O. The van der Waals surface area contributed by atoms with Gasteiger partial charge < -0.3 is 36.6 Å². The first kappa shape index (κ1) is 35.0. The van der Waals surface area contributed by atoms with E-state index >= 15 is 0 Å². The Hall–Kier alpha value is -2.99. The second kappa shape index (κ2) is 19.1. The van der Waals surface area contributed by atoms with Gasteiger partial charge in [0, 0.05) is 38.5 Å². The van der Waals surface area contributed by atoms with Gasteiger partial charge in [-0.05, 0) is 19.3 Å². The predicted molar refractivity (Wildman–Crippen MR) is 135 cm³/mol. The van der Waals surface area contributed by atoms with E-state index in [0.29, 0.717) is 12.8 Å². The lowest BCUT2D eigenvalue weighted by molar-refractivity contribution is -0.146. The molecule has 0 aliphatic rings. The minimum Gasteiger partial charge on any atom is -0.480 e.